The third-order valence-corrected chi connectivity index (χ3v) is 4.51. The molecule has 0 bridgehead atoms. The van der Waals surface area contributed by atoms with Crippen LogP contribution in [0.3, 0.4) is 0 Å². The molecule has 0 spiro atoms. The summed E-state index contributed by atoms with van der Waals surface area (Å²) in [7, 11) is 1.70. The summed E-state index contributed by atoms with van der Waals surface area (Å²) in [6.45, 7) is 9.52. The van der Waals surface area contributed by atoms with E-state index < -0.39 is 12.0 Å². The van der Waals surface area contributed by atoms with Crippen LogP contribution in [0.25, 0.3) is 0 Å². The first-order valence-corrected chi connectivity index (χ1v) is 8.73. The van der Waals surface area contributed by atoms with Crippen LogP contribution in [0.5, 0.6) is 0 Å². The highest BCUT2D eigenvalue weighted by atomic mass is 16.6. The minimum Gasteiger partial charge on any atom is -0.459 e. The summed E-state index contributed by atoms with van der Waals surface area (Å²) in [6.07, 6.45) is 5.61. The molecule has 1 saturated heterocycles. The van der Waals surface area contributed by atoms with Crippen molar-refractivity contribution < 1.29 is 19.0 Å². The van der Waals surface area contributed by atoms with Crippen LogP contribution >= 0.6 is 0 Å². The van der Waals surface area contributed by atoms with E-state index in [4.69, 9.17) is 19.9 Å². The molecule has 23 heavy (non-hydrogen) atoms. The zero-order valence-electron chi connectivity index (χ0n) is 14.9. The van der Waals surface area contributed by atoms with Crippen LogP contribution in [0.15, 0.2) is 12.2 Å². The van der Waals surface area contributed by atoms with Gasteiger partial charge in [-0.2, -0.15) is 0 Å². The smallest absolute Gasteiger partial charge is 0.327 e. The summed E-state index contributed by atoms with van der Waals surface area (Å²) in [6, 6.07) is -0.798. The molecule has 0 saturated carbocycles. The van der Waals surface area contributed by atoms with E-state index in [2.05, 4.69) is 20.4 Å². The molecule has 2 N–H and O–H groups in total. The van der Waals surface area contributed by atoms with Crippen molar-refractivity contribution in [2.45, 2.75) is 70.6 Å². The second-order valence-electron chi connectivity index (χ2n) is 6.51. The molecule has 0 aliphatic carbocycles. The fraction of sp³-hybridized carbons (Fsp3) is 0.833. The Kier molecular flexibility index (Phi) is 9.44. The first kappa shape index (κ1) is 20.1. The quantitative estimate of drug-likeness (QED) is 0.493. The number of hydrogen-bond donors (Lipinski definition) is 1. The topological polar surface area (TPSA) is 70.8 Å². The Hall–Kier alpha value is -0.910. The average Bonchev–Trinajstić information content (AvgIpc) is 2.57. The largest absolute Gasteiger partial charge is 0.459 e. The number of carbonyl (C=O) groups excluding carboxylic acids is 1. The van der Waals surface area contributed by atoms with Crippen molar-refractivity contribution in [1.29, 1.82) is 0 Å². The summed E-state index contributed by atoms with van der Waals surface area (Å²) >= 11 is 0. The molecular weight excluding hydrogens is 294 g/mol. The molecule has 4 atom stereocenters. The Morgan fingerprint density at radius 2 is 2.22 bits per heavy atom. The van der Waals surface area contributed by atoms with Gasteiger partial charge in [-0.15, -0.1) is 0 Å². The molecule has 2 unspecified atom stereocenters. The maximum atomic E-state index is 12.2. The lowest BCUT2D eigenvalue weighted by Gasteiger charge is -2.27. The number of nitrogens with two attached hydrogens (primary N) is 1. The van der Waals surface area contributed by atoms with E-state index >= 15 is 0 Å². The molecule has 1 aliphatic heterocycles. The van der Waals surface area contributed by atoms with Gasteiger partial charge in [-0.1, -0.05) is 33.3 Å². The van der Waals surface area contributed by atoms with Crippen molar-refractivity contribution >= 4 is 5.97 Å². The van der Waals surface area contributed by atoms with Crippen molar-refractivity contribution in [3.05, 3.63) is 12.2 Å². The standard InChI is InChI=1S/C18H33NO4/c1-5-6-8-13(2)16(21-4)11-14(3)17(19)18(20)23-15-9-7-10-22-12-15/h13,15-17H,3,5-12,19H2,1-2,4H3/t13-,15?,16-,17?/m0/s1. The number of rotatable bonds is 10. The highest BCUT2D eigenvalue weighted by molar-refractivity contribution is 5.79. The van der Waals surface area contributed by atoms with Crippen molar-refractivity contribution in [3.8, 4) is 0 Å². The van der Waals surface area contributed by atoms with Gasteiger partial charge in [0.25, 0.3) is 0 Å². The molecule has 0 radical (unpaired) electrons. The van der Waals surface area contributed by atoms with E-state index in [-0.39, 0.29) is 12.2 Å². The van der Waals surface area contributed by atoms with E-state index in [1.807, 2.05) is 0 Å². The second kappa shape index (κ2) is 10.8. The molecule has 0 aromatic heterocycles. The molecule has 1 rings (SSSR count). The Balaban J connectivity index is 2.45. The Morgan fingerprint density at radius 3 is 2.78 bits per heavy atom. The van der Waals surface area contributed by atoms with Crippen molar-refractivity contribution in [2.75, 3.05) is 20.3 Å². The SMILES string of the molecule is C=C(C[C@H](OC)[C@@H](C)CCCC)C(N)C(=O)OC1CCCOC1. The second-order valence-corrected chi connectivity index (χ2v) is 6.51. The summed E-state index contributed by atoms with van der Waals surface area (Å²) in [4.78, 5) is 12.2. The molecule has 0 amide bonds. The van der Waals surface area contributed by atoms with E-state index in [0.29, 0.717) is 24.5 Å². The van der Waals surface area contributed by atoms with Crippen LogP contribution in [-0.2, 0) is 19.0 Å². The van der Waals surface area contributed by atoms with E-state index in [0.717, 1.165) is 32.3 Å². The van der Waals surface area contributed by atoms with Gasteiger partial charge in [-0.05, 0) is 37.2 Å². The van der Waals surface area contributed by atoms with Gasteiger partial charge in [0.2, 0.25) is 0 Å². The molecule has 0 aromatic rings. The lowest BCUT2D eigenvalue weighted by atomic mass is 9.91. The van der Waals surface area contributed by atoms with Crippen LogP contribution in [0.1, 0.15) is 52.4 Å². The number of unbranched alkanes of at least 4 members (excludes halogenated alkanes) is 1. The van der Waals surface area contributed by atoms with Gasteiger partial charge in [-0.3, -0.25) is 0 Å². The number of methoxy groups -OCH3 is 1. The number of esters is 1. The highest BCUT2D eigenvalue weighted by Gasteiger charge is 2.27. The molecule has 5 heteroatoms. The predicted octanol–water partition coefficient (Wildman–Crippen LogP) is 2.82. The Labute approximate surface area is 140 Å². The van der Waals surface area contributed by atoms with Gasteiger partial charge in [0.05, 0.1) is 12.7 Å². The summed E-state index contributed by atoms with van der Waals surface area (Å²) in [5.74, 6) is -0.00627. The molecule has 5 nitrogen and oxygen atoms in total. The van der Waals surface area contributed by atoms with Crippen molar-refractivity contribution in [1.82, 2.24) is 0 Å². The number of hydrogen-bond acceptors (Lipinski definition) is 5. The van der Waals surface area contributed by atoms with Crippen LogP contribution in [-0.4, -0.2) is 44.5 Å². The fourth-order valence-corrected chi connectivity index (χ4v) is 2.82. The normalized spacial score (nSPS) is 22.2. The summed E-state index contributed by atoms with van der Waals surface area (Å²) < 4.78 is 16.3. The molecule has 0 aromatic carbocycles. The number of carbonyl (C=O) groups is 1. The van der Waals surface area contributed by atoms with Crippen LogP contribution in [0.4, 0.5) is 0 Å². The monoisotopic (exact) mass is 327 g/mol. The zero-order valence-corrected chi connectivity index (χ0v) is 14.9. The molecule has 1 aliphatic rings. The lowest BCUT2D eigenvalue weighted by Crippen LogP contribution is -2.39. The minimum atomic E-state index is -0.798. The fourth-order valence-electron chi connectivity index (χ4n) is 2.82. The van der Waals surface area contributed by atoms with Crippen molar-refractivity contribution in [3.63, 3.8) is 0 Å². The Bertz CT molecular complexity index is 366. The predicted molar refractivity (Wildman–Crippen MR) is 91.2 cm³/mol. The molecule has 134 valence electrons. The highest BCUT2D eigenvalue weighted by Crippen LogP contribution is 2.22. The van der Waals surface area contributed by atoms with E-state index in [1.54, 1.807) is 7.11 Å². The molecule has 1 heterocycles. The maximum absolute atomic E-state index is 12.2. The van der Waals surface area contributed by atoms with E-state index in [1.165, 1.54) is 6.42 Å². The third kappa shape index (κ3) is 7.02. The maximum Gasteiger partial charge on any atom is 0.327 e. The van der Waals surface area contributed by atoms with Gasteiger partial charge in [0.1, 0.15) is 12.1 Å². The van der Waals surface area contributed by atoms with Gasteiger partial charge >= 0.3 is 5.97 Å². The van der Waals surface area contributed by atoms with Gasteiger partial charge in [0.15, 0.2) is 0 Å². The zero-order chi connectivity index (χ0) is 17.2. The minimum absolute atomic E-state index is 0.0333. The molecule has 1 fully saturated rings. The van der Waals surface area contributed by atoms with Gasteiger partial charge in [-0.25, -0.2) is 4.79 Å². The summed E-state index contributed by atoms with van der Waals surface area (Å²) in [5.41, 5.74) is 6.68. The average molecular weight is 327 g/mol. The number of ether oxygens (including phenoxy) is 3. The van der Waals surface area contributed by atoms with Crippen LogP contribution in [0, 0.1) is 5.92 Å². The van der Waals surface area contributed by atoms with Gasteiger partial charge in [0, 0.05) is 13.7 Å². The lowest BCUT2D eigenvalue weighted by molar-refractivity contribution is -0.155. The van der Waals surface area contributed by atoms with Crippen molar-refractivity contribution in [2.24, 2.45) is 11.7 Å². The van der Waals surface area contributed by atoms with Crippen LogP contribution < -0.4 is 5.73 Å². The van der Waals surface area contributed by atoms with Crippen LogP contribution in [0.2, 0.25) is 0 Å². The van der Waals surface area contributed by atoms with E-state index in [9.17, 15) is 4.79 Å². The third-order valence-electron chi connectivity index (χ3n) is 4.51. The first-order valence-electron chi connectivity index (χ1n) is 8.73. The van der Waals surface area contributed by atoms with Gasteiger partial charge < -0.3 is 19.9 Å². The first-order chi connectivity index (χ1) is 11.0. The molecular formula is C18H33NO4. The Morgan fingerprint density at radius 1 is 1.48 bits per heavy atom. The summed E-state index contributed by atoms with van der Waals surface area (Å²) in [5, 5.41) is 0.